The number of aryl methyl sites for hydroxylation is 1. The molecule has 1 saturated heterocycles. The quantitative estimate of drug-likeness (QED) is 0.901. The molecule has 1 aromatic carbocycles. The van der Waals surface area contributed by atoms with Crippen LogP contribution in [0.3, 0.4) is 0 Å². The maximum atomic E-state index is 13.2. The highest BCUT2D eigenvalue weighted by atomic mass is 19.1. The Morgan fingerprint density at radius 1 is 1.53 bits per heavy atom. The summed E-state index contributed by atoms with van der Waals surface area (Å²) in [6.07, 6.45) is -0.0446. The number of hydrogen-bond donors (Lipinski definition) is 1. The van der Waals surface area contributed by atoms with Crippen LogP contribution in [0.4, 0.5) is 4.39 Å². The predicted octanol–water partition coefficient (Wildman–Crippen LogP) is 2.02. The van der Waals surface area contributed by atoms with Crippen molar-refractivity contribution in [3.8, 4) is 0 Å². The van der Waals surface area contributed by atoms with E-state index in [1.165, 1.54) is 12.1 Å². The molecule has 5 nitrogen and oxygen atoms in total. The van der Waals surface area contributed by atoms with Gasteiger partial charge in [0.2, 0.25) is 0 Å². The van der Waals surface area contributed by atoms with Crippen LogP contribution in [0.1, 0.15) is 24.8 Å². The number of carboxylic acid groups (broad SMARTS) is 1. The van der Waals surface area contributed by atoms with E-state index in [1.54, 1.807) is 17.7 Å². The van der Waals surface area contributed by atoms with Gasteiger partial charge in [-0.25, -0.2) is 14.2 Å². The minimum Gasteiger partial charge on any atom is -0.479 e. The number of ether oxygens (including phenoxy) is 1. The van der Waals surface area contributed by atoms with Crippen molar-refractivity contribution in [2.24, 2.45) is 7.05 Å². The molecule has 2 aromatic rings. The van der Waals surface area contributed by atoms with Gasteiger partial charge in [0.1, 0.15) is 17.7 Å². The Balaban J connectivity index is 1.98. The molecule has 0 amide bonds. The van der Waals surface area contributed by atoms with E-state index in [1.807, 2.05) is 0 Å². The van der Waals surface area contributed by atoms with E-state index < -0.39 is 12.1 Å². The molecule has 2 unspecified atom stereocenters. The molecule has 0 aliphatic carbocycles. The SMILES string of the molecule is Cn1c(C2CCC(C(=O)O)O2)nc2ccc(F)cc21. The molecule has 0 radical (unpaired) electrons. The van der Waals surface area contributed by atoms with Crippen molar-refractivity contribution in [2.45, 2.75) is 25.0 Å². The summed E-state index contributed by atoms with van der Waals surface area (Å²) in [7, 11) is 1.78. The zero-order valence-electron chi connectivity index (χ0n) is 10.3. The number of imidazole rings is 1. The molecule has 1 aliphatic rings. The van der Waals surface area contributed by atoms with Crippen LogP contribution in [0.2, 0.25) is 0 Å². The zero-order valence-corrected chi connectivity index (χ0v) is 10.3. The van der Waals surface area contributed by atoms with E-state index in [0.29, 0.717) is 29.7 Å². The van der Waals surface area contributed by atoms with Crippen molar-refractivity contribution < 1.29 is 19.0 Å². The first kappa shape index (κ1) is 12.1. The number of fused-ring (bicyclic) bond motifs is 1. The lowest BCUT2D eigenvalue weighted by Crippen LogP contribution is -2.19. The molecule has 1 fully saturated rings. The van der Waals surface area contributed by atoms with Crippen molar-refractivity contribution in [1.29, 1.82) is 0 Å². The molecule has 19 heavy (non-hydrogen) atoms. The number of rotatable bonds is 2. The molecule has 2 heterocycles. The van der Waals surface area contributed by atoms with Gasteiger partial charge in [0.25, 0.3) is 0 Å². The van der Waals surface area contributed by atoms with E-state index in [4.69, 9.17) is 9.84 Å². The van der Waals surface area contributed by atoms with Gasteiger partial charge in [0.05, 0.1) is 11.0 Å². The number of benzene rings is 1. The van der Waals surface area contributed by atoms with Crippen molar-refractivity contribution in [2.75, 3.05) is 0 Å². The zero-order chi connectivity index (χ0) is 13.6. The summed E-state index contributed by atoms with van der Waals surface area (Å²) in [6.45, 7) is 0. The molecule has 0 saturated carbocycles. The van der Waals surface area contributed by atoms with Gasteiger partial charge >= 0.3 is 5.97 Å². The number of carboxylic acids is 1. The van der Waals surface area contributed by atoms with Gasteiger partial charge in [-0.3, -0.25) is 0 Å². The molecule has 1 N–H and O–H groups in total. The van der Waals surface area contributed by atoms with Crippen LogP contribution >= 0.6 is 0 Å². The fourth-order valence-corrected chi connectivity index (χ4v) is 2.48. The van der Waals surface area contributed by atoms with Crippen LogP contribution in [0.25, 0.3) is 11.0 Å². The van der Waals surface area contributed by atoms with E-state index >= 15 is 0 Å². The summed E-state index contributed by atoms with van der Waals surface area (Å²) in [4.78, 5) is 15.3. The summed E-state index contributed by atoms with van der Waals surface area (Å²) in [5.41, 5.74) is 1.36. The average Bonchev–Trinajstić information content (AvgIpc) is 2.95. The van der Waals surface area contributed by atoms with Crippen LogP contribution in [0, 0.1) is 5.82 Å². The Kier molecular flexibility index (Phi) is 2.74. The number of hydrogen-bond acceptors (Lipinski definition) is 3. The first-order valence-electron chi connectivity index (χ1n) is 6.06. The third-order valence-electron chi connectivity index (χ3n) is 3.46. The number of aliphatic carboxylic acids is 1. The topological polar surface area (TPSA) is 64.4 Å². The maximum absolute atomic E-state index is 13.2. The van der Waals surface area contributed by atoms with Gasteiger partial charge in [-0.2, -0.15) is 0 Å². The van der Waals surface area contributed by atoms with Gasteiger partial charge in [0, 0.05) is 7.05 Å². The van der Waals surface area contributed by atoms with Gasteiger partial charge in [0.15, 0.2) is 6.10 Å². The number of aromatic nitrogens is 2. The number of nitrogens with zero attached hydrogens (tertiary/aromatic N) is 2. The molecule has 1 aliphatic heterocycles. The standard InChI is InChI=1S/C13H13FN2O3/c1-16-9-6-7(14)2-3-8(9)15-12(16)10-4-5-11(19-10)13(17)18/h2-3,6,10-11H,4-5H2,1H3,(H,17,18). The van der Waals surface area contributed by atoms with Gasteiger partial charge in [-0.15, -0.1) is 0 Å². The molecule has 6 heteroatoms. The number of halogens is 1. The minimum absolute atomic E-state index is 0.321. The lowest BCUT2D eigenvalue weighted by atomic mass is 10.2. The average molecular weight is 264 g/mol. The van der Waals surface area contributed by atoms with Gasteiger partial charge in [-0.1, -0.05) is 0 Å². The fraction of sp³-hybridized carbons (Fsp3) is 0.385. The summed E-state index contributed by atoms with van der Waals surface area (Å²) in [5.74, 6) is -0.630. The van der Waals surface area contributed by atoms with Crippen LogP contribution in [0.15, 0.2) is 18.2 Å². The fourth-order valence-electron chi connectivity index (χ4n) is 2.48. The smallest absolute Gasteiger partial charge is 0.332 e. The first-order chi connectivity index (χ1) is 9.06. The summed E-state index contributed by atoms with van der Waals surface area (Å²) in [5, 5.41) is 8.92. The van der Waals surface area contributed by atoms with Crippen LogP contribution in [-0.4, -0.2) is 26.7 Å². The lowest BCUT2D eigenvalue weighted by Gasteiger charge is -2.10. The van der Waals surface area contributed by atoms with E-state index in [0.717, 1.165) is 0 Å². The van der Waals surface area contributed by atoms with Crippen molar-refractivity contribution in [3.05, 3.63) is 29.8 Å². The van der Waals surface area contributed by atoms with E-state index in [9.17, 15) is 9.18 Å². The second-order valence-corrected chi connectivity index (χ2v) is 4.69. The Hall–Kier alpha value is -1.95. The summed E-state index contributed by atoms with van der Waals surface area (Å²) in [6, 6.07) is 4.38. The first-order valence-corrected chi connectivity index (χ1v) is 6.06. The van der Waals surface area contributed by atoms with Gasteiger partial charge in [-0.05, 0) is 31.0 Å². The van der Waals surface area contributed by atoms with Crippen LogP contribution < -0.4 is 0 Å². The van der Waals surface area contributed by atoms with Crippen molar-refractivity contribution in [3.63, 3.8) is 0 Å². The maximum Gasteiger partial charge on any atom is 0.332 e. The molecule has 100 valence electrons. The molecule has 0 spiro atoms. The monoisotopic (exact) mass is 264 g/mol. The highest BCUT2D eigenvalue weighted by Gasteiger charge is 2.33. The molecule has 2 atom stereocenters. The Bertz CT molecular complexity index is 653. The normalized spacial score (nSPS) is 23.1. The van der Waals surface area contributed by atoms with Gasteiger partial charge < -0.3 is 14.4 Å². The Morgan fingerprint density at radius 2 is 2.32 bits per heavy atom. The molecule has 0 bridgehead atoms. The highest BCUT2D eigenvalue weighted by molar-refractivity contribution is 5.76. The molecular weight excluding hydrogens is 251 g/mol. The second-order valence-electron chi connectivity index (χ2n) is 4.69. The lowest BCUT2D eigenvalue weighted by molar-refractivity contribution is -0.149. The van der Waals surface area contributed by atoms with E-state index in [2.05, 4.69) is 4.98 Å². The Morgan fingerprint density at radius 3 is 3.00 bits per heavy atom. The largest absolute Gasteiger partial charge is 0.479 e. The minimum atomic E-state index is -0.952. The third kappa shape index (κ3) is 1.98. The molecule has 3 rings (SSSR count). The second kappa shape index (κ2) is 4.31. The highest BCUT2D eigenvalue weighted by Crippen LogP contribution is 2.33. The van der Waals surface area contributed by atoms with E-state index in [-0.39, 0.29) is 11.9 Å². The third-order valence-corrected chi connectivity index (χ3v) is 3.46. The summed E-state index contributed by atoms with van der Waals surface area (Å²) >= 11 is 0. The predicted molar refractivity (Wildman–Crippen MR) is 65.2 cm³/mol. The number of carbonyl (C=O) groups is 1. The van der Waals surface area contributed by atoms with Crippen LogP contribution in [0.5, 0.6) is 0 Å². The molecule has 1 aromatic heterocycles. The van der Waals surface area contributed by atoms with Crippen LogP contribution in [-0.2, 0) is 16.6 Å². The molecular formula is C13H13FN2O3. The summed E-state index contributed by atoms with van der Waals surface area (Å²) < 4.78 is 20.5. The van der Waals surface area contributed by atoms with Crippen molar-refractivity contribution >= 4 is 17.0 Å². The Labute approximate surface area is 108 Å². The van der Waals surface area contributed by atoms with Crippen molar-refractivity contribution in [1.82, 2.24) is 9.55 Å².